The number of anilines is 1. The van der Waals surface area contributed by atoms with Crippen LogP contribution in [0.3, 0.4) is 0 Å². The lowest BCUT2D eigenvalue weighted by Gasteiger charge is -2.16. The van der Waals surface area contributed by atoms with Gasteiger partial charge >= 0.3 is 0 Å². The van der Waals surface area contributed by atoms with E-state index in [0.29, 0.717) is 17.1 Å². The highest BCUT2D eigenvalue weighted by Crippen LogP contribution is 2.37. The predicted octanol–water partition coefficient (Wildman–Crippen LogP) is 4.07. The maximum atomic E-state index is 13.2. The third-order valence-electron chi connectivity index (χ3n) is 4.96. The van der Waals surface area contributed by atoms with E-state index in [9.17, 15) is 18.0 Å². The van der Waals surface area contributed by atoms with E-state index in [4.69, 9.17) is 25.8 Å². The van der Waals surface area contributed by atoms with Crippen molar-refractivity contribution in [2.45, 2.75) is 11.8 Å². The van der Waals surface area contributed by atoms with Crippen LogP contribution in [0.5, 0.6) is 17.2 Å². The van der Waals surface area contributed by atoms with Crippen molar-refractivity contribution in [3.8, 4) is 17.2 Å². The molecule has 0 radical (unpaired) electrons. The fourth-order valence-electron chi connectivity index (χ4n) is 3.08. The van der Waals surface area contributed by atoms with Crippen LogP contribution in [-0.4, -0.2) is 41.1 Å². The largest absolute Gasteiger partial charge is 0.495 e. The SMILES string of the molecule is COc1cc(OC)c(NS(=O)(=O)c2cc(C(=O)NNC(=O)COc3ccc(Br)cc3)ccc2C)cc1Cl. The summed E-state index contributed by atoms with van der Waals surface area (Å²) in [6.45, 7) is 1.24. The zero-order valence-electron chi connectivity index (χ0n) is 19.9. The molecular formula is C24H23BrClN3O7S. The van der Waals surface area contributed by atoms with E-state index in [0.717, 1.165) is 4.47 Å². The van der Waals surface area contributed by atoms with Crippen LogP contribution < -0.4 is 29.8 Å². The molecule has 0 saturated carbocycles. The minimum atomic E-state index is -4.16. The number of methoxy groups -OCH3 is 2. The van der Waals surface area contributed by atoms with E-state index in [-0.39, 0.29) is 33.5 Å². The average molecular weight is 613 g/mol. The van der Waals surface area contributed by atoms with Gasteiger partial charge in [-0.2, -0.15) is 0 Å². The fourth-order valence-corrected chi connectivity index (χ4v) is 4.92. The van der Waals surface area contributed by atoms with E-state index in [1.807, 2.05) is 0 Å². The number of hydrazine groups is 1. The van der Waals surface area contributed by atoms with Gasteiger partial charge in [0.1, 0.15) is 17.2 Å². The number of hydrogen-bond donors (Lipinski definition) is 3. The van der Waals surface area contributed by atoms with E-state index < -0.39 is 21.8 Å². The molecule has 0 aliphatic rings. The topological polar surface area (TPSA) is 132 Å². The molecule has 196 valence electrons. The zero-order chi connectivity index (χ0) is 27.2. The number of aryl methyl sites for hydroxylation is 1. The number of hydrogen-bond acceptors (Lipinski definition) is 7. The first-order chi connectivity index (χ1) is 17.5. The van der Waals surface area contributed by atoms with Gasteiger partial charge in [0.2, 0.25) is 0 Å². The summed E-state index contributed by atoms with van der Waals surface area (Å²) in [5.41, 5.74) is 4.93. The lowest BCUT2D eigenvalue weighted by Crippen LogP contribution is -2.43. The minimum absolute atomic E-state index is 0.000156. The normalized spacial score (nSPS) is 10.8. The molecule has 0 atom stereocenters. The third kappa shape index (κ3) is 7.28. The van der Waals surface area contributed by atoms with Crippen molar-refractivity contribution in [3.05, 3.63) is 75.2 Å². The predicted molar refractivity (Wildman–Crippen MR) is 142 cm³/mol. The van der Waals surface area contributed by atoms with Crippen LogP contribution in [0, 0.1) is 6.92 Å². The Hall–Kier alpha value is -3.48. The number of rotatable bonds is 9. The van der Waals surface area contributed by atoms with E-state index in [2.05, 4.69) is 31.5 Å². The molecule has 13 heteroatoms. The van der Waals surface area contributed by atoms with Gasteiger partial charge in [0.25, 0.3) is 21.8 Å². The second-order valence-electron chi connectivity index (χ2n) is 7.52. The van der Waals surface area contributed by atoms with Gasteiger partial charge in [-0.1, -0.05) is 33.6 Å². The highest BCUT2D eigenvalue weighted by molar-refractivity contribution is 9.10. The standard InChI is InChI=1S/C24H23BrClN3O7S/c1-14-4-5-15(24(31)28-27-23(30)13-36-17-8-6-16(25)7-9-17)10-22(14)37(32,33)29-19-11-18(26)20(34-2)12-21(19)35-3/h4-12,29H,13H2,1-3H3,(H,27,30)(H,28,31). The van der Waals surface area contributed by atoms with Crippen LogP contribution in [-0.2, 0) is 14.8 Å². The number of nitrogens with one attached hydrogen (secondary N) is 3. The molecule has 3 rings (SSSR count). The summed E-state index contributed by atoms with van der Waals surface area (Å²) in [6, 6.07) is 13.8. The summed E-state index contributed by atoms with van der Waals surface area (Å²) in [5.74, 6) is -0.370. The molecule has 0 bridgehead atoms. The van der Waals surface area contributed by atoms with Crippen LogP contribution >= 0.6 is 27.5 Å². The molecule has 0 fully saturated rings. The summed E-state index contributed by atoms with van der Waals surface area (Å²) in [5, 5.41) is 0.172. The Morgan fingerprint density at radius 1 is 0.946 bits per heavy atom. The molecule has 0 unspecified atom stereocenters. The summed E-state index contributed by atoms with van der Waals surface area (Å²) < 4.78 is 45.3. The van der Waals surface area contributed by atoms with Gasteiger partial charge in [-0.3, -0.25) is 25.2 Å². The van der Waals surface area contributed by atoms with Crippen molar-refractivity contribution in [2.75, 3.05) is 25.5 Å². The van der Waals surface area contributed by atoms with Gasteiger partial charge in [-0.25, -0.2) is 8.42 Å². The number of sulfonamides is 1. The highest BCUT2D eigenvalue weighted by atomic mass is 79.9. The minimum Gasteiger partial charge on any atom is -0.495 e. The Bertz CT molecular complexity index is 1420. The summed E-state index contributed by atoms with van der Waals surface area (Å²) in [4.78, 5) is 24.5. The molecule has 0 aliphatic heterocycles. The molecule has 2 amide bonds. The van der Waals surface area contributed by atoms with E-state index >= 15 is 0 Å². The smallest absolute Gasteiger partial charge is 0.276 e. The first-order valence-corrected chi connectivity index (χ1v) is 13.2. The van der Waals surface area contributed by atoms with E-state index in [1.54, 1.807) is 31.2 Å². The zero-order valence-corrected chi connectivity index (χ0v) is 23.1. The van der Waals surface area contributed by atoms with E-state index in [1.165, 1.54) is 44.6 Å². The van der Waals surface area contributed by atoms with Gasteiger partial charge in [-0.15, -0.1) is 0 Å². The second kappa shape index (κ2) is 12.2. The number of ether oxygens (including phenoxy) is 3. The first-order valence-electron chi connectivity index (χ1n) is 10.6. The monoisotopic (exact) mass is 611 g/mol. The van der Waals surface area contributed by atoms with Crippen LogP contribution in [0.15, 0.2) is 64.0 Å². The Labute approximate surface area is 227 Å². The molecular weight excluding hydrogens is 590 g/mol. The second-order valence-corrected chi connectivity index (χ2v) is 10.5. The lowest BCUT2D eigenvalue weighted by atomic mass is 10.1. The Morgan fingerprint density at radius 2 is 1.62 bits per heavy atom. The quantitative estimate of drug-likeness (QED) is 0.311. The number of halogens is 2. The Balaban J connectivity index is 1.70. The summed E-state index contributed by atoms with van der Waals surface area (Å²) in [7, 11) is -1.37. The Kier molecular flexibility index (Phi) is 9.24. The number of carbonyl (C=O) groups is 2. The maximum Gasteiger partial charge on any atom is 0.276 e. The molecule has 37 heavy (non-hydrogen) atoms. The molecule has 0 heterocycles. The van der Waals surface area contributed by atoms with Crippen LogP contribution in [0.4, 0.5) is 5.69 Å². The molecule has 0 spiro atoms. The fraction of sp³-hybridized carbons (Fsp3) is 0.167. The van der Waals surface area contributed by atoms with Crippen molar-refractivity contribution in [1.29, 1.82) is 0 Å². The summed E-state index contributed by atoms with van der Waals surface area (Å²) in [6.07, 6.45) is 0. The van der Waals surface area contributed by atoms with Crippen LogP contribution in [0.1, 0.15) is 15.9 Å². The van der Waals surface area contributed by atoms with Crippen molar-refractivity contribution in [1.82, 2.24) is 10.9 Å². The lowest BCUT2D eigenvalue weighted by molar-refractivity contribution is -0.123. The van der Waals surface area contributed by atoms with Crippen molar-refractivity contribution in [3.63, 3.8) is 0 Å². The van der Waals surface area contributed by atoms with Gasteiger partial charge in [0, 0.05) is 16.1 Å². The number of benzene rings is 3. The maximum absolute atomic E-state index is 13.2. The average Bonchev–Trinajstić information content (AvgIpc) is 2.87. The molecule has 3 aromatic rings. The molecule has 10 nitrogen and oxygen atoms in total. The van der Waals surface area contributed by atoms with Crippen molar-refractivity contribution >= 4 is 55.1 Å². The highest BCUT2D eigenvalue weighted by Gasteiger charge is 2.22. The van der Waals surface area contributed by atoms with Gasteiger partial charge < -0.3 is 14.2 Å². The molecule has 0 aliphatic carbocycles. The molecule has 0 aromatic heterocycles. The van der Waals surface area contributed by atoms with Crippen LogP contribution in [0.25, 0.3) is 0 Å². The van der Waals surface area contributed by atoms with Gasteiger partial charge in [-0.05, 0) is 55.0 Å². The van der Waals surface area contributed by atoms with Crippen molar-refractivity contribution < 1.29 is 32.2 Å². The number of carbonyl (C=O) groups excluding carboxylic acids is 2. The van der Waals surface area contributed by atoms with Crippen molar-refractivity contribution in [2.24, 2.45) is 0 Å². The van der Waals surface area contributed by atoms with Gasteiger partial charge in [0.15, 0.2) is 6.61 Å². The van der Waals surface area contributed by atoms with Gasteiger partial charge in [0.05, 0.1) is 29.8 Å². The number of amides is 2. The molecule has 3 N–H and O–H groups in total. The Morgan fingerprint density at radius 3 is 2.27 bits per heavy atom. The van der Waals surface area contributed by atoms with Crippen LogP contribution in [0.2, 0.25) is 5.02 Å². The first kappa shape index (κ1) is 28.1. The molecule has 3 aromatic carbocycles. The molecule has 0 saturated heterocycles. The summed E-state index contributed by atoms with van der Waals surface area (Å²) >= 11 is 9.44. The third-order valence-corrected chi connectivity index (χ3v) is 7.29.